The minimum absolute atomic E-state index is 0.0834. The van der Waals surface area contributed by atoms with Gasteiger partial charge in [0.15, 0.2) is 0 Å². The van der Waals surface area contributed by atoms with Crippen LogP contribution in [-0.2, 0) is 16.8 Å². The molecular formula is C18H21NO. The molecule has 1 atom stereocenters. The Bertz CT molecular complexity index is 591. The molecule has 1 amide bonds. The number of hydrogen-bond donors (Lipinski definition) is 1. The van der Waals surface area contributed by atoms with Crippen molar-refractivity contribution in [1.29, 1.82) is 0 Å². The highest BCUT2D eigenvalue weighted by atomic mass is 16.1. The predicted octanol–water partition coefficient (Wildman–Crippen LogP) is 3.65. The van der Waals surface area contributed by atoms with E-state index in [9.17, 15) is 4.79 Å². The molecule has 0 spiro atoms. The van der Waals surface area contributed by atoms with Gasteiger partial charge in [-0.2, -0.15) is 0 Å². The third-order valence-corrected chi connectivity index (χ3v) is 3.65. The zero-order chi connectivity index (χ0) is 14.6. The highest BCUT2D eigenvalue weighted by Gasteiger charge is 2.36. The molecule has 0 bridgehead atoms. The van der Waals surface area contributed by atoms with E-state index in [4.69, 9.17) is 0 Å². The molecule has 1 aliphatic heterocycles. The number of benzene rings is 2. The highest BCUT2D eigenvalue weighted by molar-refractivity contribution is 5.83. The Morgan fingerprint density at radius 3 is 2.25 bits per heavy atom. The van der Waals surface area contributed by atoms with Gasteiger partial charge >= 0.3 is 0 Å². The molecule has 2 nitrogen and oxygen atoms in total. The fraction of sp³-hybridized carbons (Fsp3) is 0.278. The van der Waals surface area contributed by atoms with Gasteiger partial charge in [-0.3, -0.25) is 4.79 Å². The van der Waals surface area contributed by atoms with Gasteiger partial charge in [0, 0.05) is 0 Å². The summed E-state index contributed by atoms with van der Waals surface area (Å²) in [6.45, 7) is 6.07. The fourth-order valence-electron chi connectivity index (χ4n) is 2.72. The first-order valence-corrected chi connectivity index (χ1v) is 7.15. The van der Waals surface area contributed by atoms with Crippen molar-refractivity contribution in [3.8, 4) is 0 Å². The molecule has 104 valence electrons. The first-order valence-electron chi connectivity index (χ1n) is 7.15. The minimum atomic E-state index is -0.423. The van der Waals surface area contributed by atoms with E-state index in [1.165, 1.54) is 5.56 Å². The molecule has 3 rings (SSSR count). The maximum atomic E-state index is 11.9. The van der Waals surface area contributed by atoms with Crippen LogP contribution in [0.2, 0.25) is 0 Å². The van der Waals surface area contributed by atoms with E-state index in [1.807, 2.05) is 50.2 Å². The van der Waals surface area contributed by atoms with Crippen LogP contribution in [0.3, 0.4) is 0 Å². The summed E-state index contributed by atoms with van der Waals surface area (Å²) in [4.78, 5) is 11.9. The van der Waals surface area contributed by atoms with E-state index < -0.39 is 5.54 Å². The summed E-state index contributed by atoms with van der Waals surface area (Å²) in [5, 5.41) is 3.13. The Balaban J connectivity index is 0.000000704. The van der Waals surface area contributed by atoms with Gasteiger partial charge < -0.3 is 5.32 Å². The van der Waals surface area contributed by atoms with Crippen LogP contribution in [0.25, 0.3) is 0 Å². The Labute approximate surface area is 120 Å². The number of carbonyl (C=O) groups excluding carboxylic acids is 1. The molecule has 0 saturated heterocycles. The van der Waals surface area contributed by atoms with Crippen LogP contribution in [0.1, 0.15) is 37.5 Å². The van der Waals surface area contributed by atoms with E-state index in [-0.39, 0.29) is 5.91 Å². The number of nitrogens with one attached hydrogen (secondary N) is 1. The standard InChI is InChI=1S/C16H15NO.C2H6/c1-16(13-8-3-2-4-9-13)14-10-6-5-7-12(14)11-15(18)17-16;1-2/h2-10H,11H2,1H3,(H,17,18);1-2H3. The molecule has 1 unspecified atom stereocenters. The summed E-state index contributed by atoms with van der Waals surface area (Å²) in [6, 6.07) is 18.3. The van der Waals surface area contributed by atoms with Crippen molar-refractivity contribution >= 4 is 5.91 Å². The monoisotopic (exact) mass is 267 g/mol. The van der Waals surface area contributed by atoms with Crippen LogP contribution in [0.5, 0.6) is 0 Å². The Morgan fingerprint density at radius 2 is 1.55 bits per heavy atom. The first-order chi connectivity index (χ1) is 9.70. The van der Waals surface area contributed by atoms with Gasteiger partial charge in [0.25, 0.3) is 0 Å². The number of hydrogen-bond acceptors (Lipinski definition) is 1. The lowest BCUT2D eigenvalue weighted by Gasteiger charge is -2.37. The molecule has 0 aliphatic carbocycles. The second-order valence-corrected chi connectivity index (χ2v) is 4.87. The summed E-state index contributed by atoms with van der Waals surface area (Å²) >= 11 is 0. The third-order valence-electron chi connectivity index (χ3n) is 3.65. The van der Waals surface area contributed by atoms with Crippen molar-refractivity contribution in [2.75, 3.05) is 0 Å². The summed E-state index contributed by atoms with van der Waals surface area (Å²) in [5.41, 5.74) is 3.00. The largest absolute Gasteiger partial charge is 0.342 e. The summed E-state index contributed by atoms with van der Waals surface area (Å²) in [6.07, 6.45) is 0.471. The van der Waals surface area contributed by atoms with Crippen LogP contribution in [0.4, 0.5) is 0 Å². The van der Waals surface area contributed by atoms with E-state index in [0.717, 1.165) is 11.1 Å². The smallest absolute Gasteiger partial charge is 0.225 e. The van der Waals surface area contributed by atoms with Crippen LogP contribution < -0.4 is 5.32 Å². The molecule has 0 fully saturated rings. The van der Waals surface area contributed by atoms with Crippen molar-refractivity contribution in [2.45, 2.75) is 32.7 Å². The maximum absolute atomic E-state index is 11.9. The van der Waals surface area contributed by atoms with Gasteiger partial charge in [-0.05, 0) is 23.6 Å². The third kappa shape index (κ3) is 2.46. The zero-order valence-electron chi connectivity index (χ0n) is 12.3. The molecule has 0 aromatic heterocycles. The van der Waals surface area contributed by atoms with E-state index in [1.54, 1.807) is 0 Å². The Kier molecular flexibility index (Phi) is 4.23. The molecule has 2 aromatic carbocycles. The summed E-state index contributed by atoms with van der Waals surface area (Å²) < 4.78 is 0. The van der Waals surface area contributed by atoms with Gasteiger partial charge in [0.05, 0.1) is 12.0 Å². The highest BCUT2D eigenvalue weighted by Crippen LogP contribution is 2.34. The normalized spacial score (nSPS) is 20.2. The maximum Gasteiger partial charge on any atom is 0.225 e. The SMILES string of the molecule is CC.CC1(c2ccccc2)NC(=O)Cc2ccccc21. The molecule has 1 heterocycles. The van der Waals surface area contributed by atoms with Crippen molar-refractivity contribution in [1.82, 2.24) is 5.32 Å². The van der Waals surface area contributed by atoms with Crippen LogP contribution in [0.15, 0.2) is 54.6 Å². The fourth-order valence-corrected chi connectivity index (χ4v) is 2.72. The van der Waals surface area contributed by atoms with E-state index in [0.29, 0.717) is 6.42 Å². The lowest BCUT2D eigenvalue weighted by Crippen LogP contribution is -2.49. The zero-order valence-corrected chi connectivity index (χ0v) is 12.3. The molecule has 0 saturated carbocycles. The van der Waals surface area contributed by atoms with Gasteiger partial charge in [0.2, 0.25) is 5.91 Å². The predicted molar refractivity (Wildman–Crippen MR) is 82.5 cm³/mol. The topological polar surface area (TPSA) is 29.1 Å². The van der Waals surface area contributed by atoms with Gasteiger partial charge in [-0.25, -0.2) is 0 Å². The number of carbonyl (C=O) groups is 1. The van der Waals surface area contributed by atoms with E-state index in [2.05, 4.69) is 30.4 Å². The molecule has 2 heteroatoms. The number of fused-ring (bicyclic) bond motifs is 1. The van der Waals surface area contributed by atoms with Crippen molar-refractivity contribution in [2.24, 2.45) is 0 Å². The molecule has 1 N–H and O–H groups in total. The van der Waals surface area contributed by atoms with Crippen molar-refractivity contribution in [3.05, 3.63) is 71.3 Å². The quantitative estimate of drug-likeness (QED) is 0.839. The Hall–Kier alpha value is -2.09. The van der Waals surface area contributed by atoms with Crippen LogP contribution >= 0.6 is 0 Å². The average molecular weight is 267 g/mol. The minimum Gasteiger partial charge on any atom is -0.342 e. The van der Waals surface area contributed by atoms with Crippen molar-refractivity contribution < 1.29 is 4.79 Å². The van der Waals surface area contributed by atoms with Gasteiger partial charge in [0.1, 0.15) is 0 Å². The second-order valence-electron chi connectivity index (χ2n) is 4.87. The molecule has 1 aliphatic rings. The molecule has 2 aromatic rings. The average Bonchev–Trinajstić information content (AvgIpc) is 2.50. The first kappa shape index (κ1) is 14.3. The molecule has 0 radical (unpaired) electrons. The molecule has 20 heavy (non-hydrogen) atoms. The second kappa shape index (κ2) is 5.91. The Morgan fingerprint density at radius 1 is 0.950 bits per heavy atom. The number of amides is 1. The van der Waals surface area contributed by atoms with Crippen LogP contribution in [0, 0.1) is 0 Å². The molecular weight excluding hydrogens is 246 g/mol. The number of rotatable bonds is 1. The van der Waals surface area contributed by atoms with Crippen molar-refractivity contribution in [3.63, 3.8) is 0 Å². The lowest BCUT2D eigenvalue weighted by atomic mass is 9.78. The van der Waals surface area contributed by atoms with Gasteiger partial charge in [-0.1, -0.05) is 68.4 Å². The van der Waals surface area contributed by atoms with E-state index >= 15 is 0 Å². The summed E-state index contributed by atoms with van der Waals surface area (Å²) in [7, 11) is 0. The van der Waals surface area contributed by atoms with Crippen LogP contribution in [-0.4, -0.2) is 5.91 Å². The summed E-state index contributed by atoms with van der Waals surface area (Å²) in [5.74, 6) is 0.0834. The van der Waals surface area contributed by atoms with Gasteiger partial charge in [-0.15, -0.1) is 0 Å². The lowest BCUT2D eigenvalue weighted by molar-refractivity contribution is -0.122.